The number of benzene rings is 2. The Morgan fingerprint density at radius 2 is 1.60 bits per heavy atom. The molecule has 0 aromatic heterocycles. The van der Waals surface area contributed by atoms with Crippen molar-refractivity contribution >= 4 is 25.8 Å². The van der Waals surface area contributed by atoms with E-state index in [9.17, 15) is 34.8 Å². The zero-order valence-corrected chi connectivity index (χ0v) is 17.5. The molecule has 12 heteroatoms. The number of amides is 1. The molecule has 1 atom stereocenters. The molecule has 0 heterocycles. The van der Waals surface area contributed by atoms with E-state index in [0.29, 0.717) is 5.56 Å². The first-order valence-electron chi connectivity index (χ1n) is 8.46. The van der Waals surface area contributed by atoms with Gasteiger partial charge < -0.3 is 5.32 Å². The third-order valence-corrected chi connectivity index (χ3v) is 6.55. The van der Waals surface area contributed by atoms with Crippen molar-refractivity contribution in [3.05, 3.63) is 59.7 Å². The first kappa shape index (κ1) is 23.8. The minimum atomic E-state index is -4.72. The van der Waals surface area contributed by atoms with E-state index in [1.807, 2.05) is 0 Å². The number of sulfonamides is 1. The molecule has 2 aromatic carbocycles. The number of alkyl halides is 3. The molecule has 164 valence electrons. The Bertz CT molecular complexity index is 1130. The summed E-state index contributed by atoms with van der Waals surface area (Å²) < 4.78 is 85.3. The van der Waals surface area contributed by atoms with Gasteiger partial charge in [0.2, 0.25) is 10.0 Å². The molecular weight excluding hydrogens is 445 g/mol. The van der Waals surface area contributed by atoms with E-state index in [1.165, 1.54) is 41.1 Å². The smallest absolute Gasteiger partial charge is 0.346 e. The summed E-state index contributed by atoms with van der Waals surface area (Å²) in [5, 5.41) is 2.62. The molecule has 30 heavy (non-hydrogen) atoms. The largest absolute Gasteiger partial charge is 0.402 e. The van der Waals surface area contributed by atoms with Gasteiger partial charge >= 0.3 is 6.18 Å². The molecule has 2 aromatic rings. The van der Waals surface area contributed by atoms with Gasteiger partial charge in [-0.15, -0.1) is 0 Å². The van der Waals surface area contributed by atoms with E-state index >= 15 is 0 Å². The number of sulfone groups is 1. The van der Waals surface area contributed by atoms with Gasteiger partial charge in [0.15, 0.2) is 9.84 Å². The van der Waals surface area contributed by atoms with Gasteiger partial charge in [-0.2, -0.15) is 13.2 Å². The lowest BCUT2D eigenvalue weighted by atomic mass is 10.1. The summed E-state index contributed by atoms with van der Waals surface area (Å²) in [6.45, 7) is -0.0922. The number of carbonyl (C=O) groups excluding carboxylic acids is 1. The third-order valence-electron chi connectivity index (χ3n) is 4.03. The van der Waals surface area contributed by atoms with Gasteiger partial charge in [-0.05, 0) is 42.8 Å². The average Bonchev–Trinajstić information content (AvgIpc) is 2.65. The van der Waals surface area contributed by atoms with Crippen LogP contribution in [0.2, 0.25) is 0 Å². The summed E-state index contributed by atoms with van der Waals surface area (Å²) in [5.41, 5.74) is 0.538. The van der Waals surface area contributed by atoms with E-state index < -0.39 is 49.4 Å². The topological polar surface area (TPSA) is 109 Å². The molecule has 2 rings (SSSR count). The zero-order valence-electron chi connectivity index (χ0n) is 15.9. The maximum absolute atomic E-state index is 12.4. The van der Waals surface area contributed by atoms with Crippen LogP contribution < -0.4 is 10.0 Å². The molecule has 0 bridgehead atoms. The maximum atomic E-state index is 12.4. The fourth-order valence-corrected chi connectivity index (χ4v) is 4.12. The van der Waals surface area contributed by atoms with Crippen LogP contribution in [0.1, 0.15) is 28.9 Å². The molecule has 7 nitrogen and oxygen atoms in total. The van der Waals surface area contributed by atoms with Gasteiger partial charge in [0.1, 0.15) is 6.54 Å². The Balaban J connectivity index is 2.15. The molecule has 0 aliphatic rings. The molecule has 0 aliphatic heterocycles. The predicted octanol–water partition coefficient (Wildman–Crippen LogP) is 2.42. The van der Waals surface area contributed by atoms with Crippen molar-refractivity contribution in [2.24, 2.45) is 0 Å². The van der Waals surface area contributed by atoms with Crippen LogP contribution in [0.4, 0.5) is 13.2 Å². The second kappa shape index (κ2) is 8.74. The standard InChI is InChI=1S/C18H19F3N2O5S2/c1-12(13-6-8-15(9-7-13)29(2,25)26)23-17(24)14-4-3-5-16(10-14)30(27,28)22-11-18(19,20)21/h3-10,12,22H,11H2,1-2H3,(H,23,24). The van der Waals surface area contributed by atoms with Gasteiger partial charge in [0.25, 0.3) is 5.91 Å². The van der Waals surface area contributed by atoms with Crippen molar-refractivity contribution in [1.82, 2.24) is 10.0 Å². The summed E-state index contributed by atoms with van der Waals surface area (Å²) in [6, 6.07) is 9.90. The lowest BCUT2D eigenvalue weighted by molar-refractivity contribution is -0.121. The molecule has 0 aliphatic carbocycles. The Kier molecular flexibility index (Phi) is 6.94. The van der Waals surface area contributed by atoms with E-state index in [4.69, 9.17) is 0 Å². The van der Waals surface area contributed by atoms with Crippen molar-refractivity contribution in [1.29, 1.82) is 0 Å². The Morgan fingerprint density at radius 3 is 2.13 bits per heavy atom. The molecule has 1 amide bonds. The molecule has 2 N–H and O–H groups in total. The zero-order chi connectivity index (χ0) is 22.7. The average molecular weight is 464 g/mol. The molecular formula is C18H19F3N2O5S2. The minimum Gasteiger partial charge on any atom is -0.346 e. The van der Waals surface area contributed by atoms with Gasteiger partial charge in [0, 0.05) is 11.8 Å². The molecule has 0 fully saturated rings. The van der Waals surface area contributed by atoms with Crippen molar-refractivity contribution in [3.63, 3.8) is 0 Å². The van der Waals surface area contributed by atoms with E-state index in [2.05, 4.69) is 5.32 Å². The van der Waals surface area contributed by atoms with Gasteiger partial charge in [-0.1, -0.05) is 18.2 Å². The summed E-state index contributed by atoms with van der Waals surface area (Å²) in [6.07, 6.45) is -3.65. The monoisotopic (exact) mass is 464 g/mol. The van der Waals surface area contributed by atoms with Crippen LogP contribution in [0.3, 0.4) is 0 Å². The first-order chi connectivity index (χ1) is 13.7. The van der Waals surface area contributed by atoms with E-state index in [1.54, 1.807) is 6.92 Å². The highest BCUT2D eigenvalue weighted by atomic mass is 32.2. The highest BCUT2D eigenvalue weighted by Crippen LogP contribution is 2.19. The number of nitrogens with one attached hydrogen (secondary N) is 2. The molecule has 1 unspecified atom stereocenters. The fraction of sp³-hybridized carbons (Fsp3) is 0.278. The lowest BCUT2D eigenvalue weighted by Crippen LogP contribution is -2.34. The molecule has 0 saturated heterocycles. The van der Waals surface area contributed by atoms with Crippen molar-refractivity contribution in [2.45, 2.75) is 28.9 Å². The Hall–Kier alpha value is -2.44. The highest BCUT2D eigenvalue weighted by molar-refractivity contribution is 7.90. The van der Waals surface area contributed by atoms with E-state index in [-0.39, 0.29) is 10.5 Å². The van der Waals surface area contributed by atoms with Crippen LogP contribution in [-0.2, 0) is 19.9 Å². The van der Waals surface area contributed by atoms with Gasteiger partial charge in [-0.25, -0.2) is 21.6 Å². The number of halogens is 3. The Morgan fingerprint density at radius 1 is 1.00 bits per heavy atom. The van der Waals surface area contributed by atoms with Crippen LogP contribution in [0, 0.1) is 0 Å². The summed E-state index contributed by atoms with van der Waals surface area (Å²) in [5.74, 6) is -0.650. The minimum absolute atomic E-state index is 0.0653. The second-order valence-corrected chi connectivity index (χ2v) is 10.3. The SMILES string of the molecule is CC(NC(=O)c1cccc(S(=O)(=O)NCC(F)(F)F)c1)c1ccc(S(C)(=O)=O)cc1. The van der Waals surface area contributed by atoms with Crippen LogP contribution in [0.5, 0.6) is 0 Å². The van der Waals surface area contributed by atoms with Crippen molar-refractivity contribution in [2.75, 3.05) is 12.8 Å². The number of hydrogen-bond donors (Lipinski definition) is 2. The third kappa shape index (κ3) is 6.54. The fourth-order valence-electron chi connectivity index (χ4n) is 2.43. The van der Waals surface area contributed by atoms with Crippen LogP contribution in [0.15, 0.2) is 58.3 Å². The van der Waals surface area contributed by atoms with Crippen molar-refractivity contribution < 1.29 is 34.8 Å². The summed E-state index contributed by atoms with van der Waals surface area (Å²) in [7, 11) is -7.82. The number of rotatable bonds is 7. The van der Waals surface area contributed by atoms with Crippen LogP contribution in [0.25, 0.3) is 0 Å². The summed E-state index contributed by atoms with van der Waals surface area (Å²) >= 11 is 0. The van der Waals surface area contributed by atoms with Gasteiger partial charge in [-0.3, -0.25) is 4.79 Å². The predicted molar refractivity (Wildman–Crippen MR) is 103 cm³/mol. The highest BCUT2D eigenvalue weighted by Gasteiger charge is 2.30. The Labute approximate surface area is 172 Å². The van der Waals surface area contributed by atoms with Gasteiger partial charge in [0.05, 0.1) is 15.8 Å². The number of carbonyl (C=O) groups is 1. The summed E-state index contributed by atoms with van der Waals surface area (Å²) in [4.78, 5) is 12.1. The quantitative estimate of drug-likeness (QED) is 0.654. The maximum Gasteiger partial charge on any atom is 0.402 e. The van der Waals surface area contributed by atoms with Crippen molar-refractivity contribution in [3.8, 4) is 0 Å². The van der Waals surface area contributed by atoms with E-state index in [0.717, 1.165) is 18.4 Å². The van der Waals surface area contributed by atoms with Crippen LogP contribution in [-0.4, -0.2) is 41.7 Å². The number of hydrogen-bond acceptors (Lipinski definition) is 5. The second-order valence-electron chi connectivity index (χ2n) is 6.50. The molecule has 0 spiro atoms. The van der Waals surface area contributed by atoms with Crippen LogP contribution >= 0.6 is 0 Å². The normalized spacial score (nSPS) is 13.6. The molecule has 0 radical (unpaired) electrons. The first-order valence-corrected chi connectivity index (χ1v) is 11.8. The molecule has 0 saturated carbocycles. The lowest BCUT2D eigenvalue weighted by Gasteiger charge is -2.15.